The largest absolute Gasteiger partial charge is 0.384 e. The fourth-order valence-corrected chi connectivity index (χ4v) is 3.74. The van der Waals surface area contributed by atoms with Crippen molar-refractivity contribution in [1.29, 1.82) is 0 Å². The quantitative estimate of drug-likeness (QED) is 0.692. The normalized spacial score (nSPS) is 20.9. The molecular formula is C9H17ClO3S. The van der Waals surface area contributed by atoms with Crippen molar-refractivity contribution in [3.63, 3.8) is 0 Å². The summed E-state index contributed by atoms with van der Waals surface area (Å²) in [5, 5.41) is 0. The number of rotatable bonds is 5. The Morgan fingerprint density at radius 3 is 2.21 bits per heavy atom. The average molecular weight is 241 g/mol. The van der Waals surface area contributed by atoms with Crippen LogP contribution in [-0.2, 0) is 13.8 Å². The average Bonchev–Trinajstić information content (AvgIpc) is 2.65. The predicted octanol–water partition coefficient (Wildman–Crippen LogP) is 2.15. The lowest BCUT2D eigenvalue weighted by atomic mass is 9.88. The zero-order chi connectivity index (χ0) is 11.0. The molecule has 0 unspecified atom stereocenters. The van der Waals surface area contributed by atoms with Crippen LogP contribution in [0.4, 0.5) is 0 Å². The van der Waals surface area contributed by atoms with Crippen LogP contribution in [0.3, 0.4) is 0 Å². The van der Waals surface area contributed by atoms with E-state index in [1.807, 2.05) is 13.8 Å². The molecule has 0 aromatic heterocycles. The van der Waals surface area contributed by atoms with Gasteiger partial charge in [0.25, 0.3) is 0 Å². The first kappa shape index (κ1) is 12.3. The van der Waals surface area contributed by atoms with Crippen molar-refractivity contribution in [2.24, 2.45) is 5.41 Å². The lowest BCUT2D eigenvalue weighted by Gasteiger charge is -2.27. The van der Waals surface area contributed by atoms with Gasteiger partial charge in [0.2, 0.25) is 9.05 Å². The summed E-state index contributed by atoms with van der Waals surface area (Å²) >= 11 is 0. The molecule has 0 atom stereocenters. The lowest BCUT2D eigenvalue weighted by Crippen LogP contribution is -2.29. The van der Waals surface area contributed by atoms with Crippen molar-refractivity contribution in [2.45, 2.75) is 37.9 Å². The standard InChI is InChI=1S/C9H17ClO3S/c1-8(2,7-13-3)6-9(4-5-9)14(10,11)12/h4-7H2,1-3H3. The highest BCUT2D eigenvalue weighted by atomic mass is 35.7. The van der Waals surface area contributed by atoms with Gasteiger partial charge in [0, 0.05) is 17.8 Å². The molecule has 1 aliphatic rings. The van der Waals surface area contributed by atoms with Crippen molar-refractivity contribution >= 4 is 19.7 Å². The molecular weight excluding hydrogens is 224 g/mol. The highest BCUT2D eigenvalue weighted by Crippen LogP contribution is 2.52. The molecule has 0 aromatic carbocycles. The van der Waals surface area contributed by atoms with E-state index in [1.165, 1.54) is 0 Å². The third-order valence-electron chi connectivity index (χ3n) is 2.66. The van der Waals surface area contributed by atoms with E-state index in [-0.39, 0.29) is 5.41 Å². The zero-order valence-corrected chi connectivity index (χ0v) is 10.4. The minimum absolute atomic E-state index is 0.132. The van der Waals surface area contributed by atoms with Gasteiger partial charge in [0.15, 0.2) is 0 Å². The Hall–Kier alpha value is 0.200. The topological polar surface area (TPSA) is 43.4 Å². The van der Waals surface area contributed by atoms with Crippen LogP contribution >= 0.6 is 10.7 Å². The van der Waals surface area contributed by atoms with Crippen LogP contribution in [0, 0.1) is 5.41 Å². The molecule has 0 bridgehead atoms. The first-order valence-corrected chi connectivity index (χ1v) is 6.97. The Kier molecular flexibility index (Phi) is 3.20. The molecule has 3 nitrogen and oxygen atoms in total. The van der Waals surface area contributed by atoms with Crippen LogP contribution in [0.5, 0.6) is 0 Å². The molecule has 0 N–H and O–H groups in total. The summed E-state index contributed by atoms with van der Waals surface area (Å²) in [5.41, 5.74) is -0.132. The van der Waals surface area contributed by atoms with E-state index >= 15 is 0 Å². The summed E-state index contributed by atoms with van der Waals surface area (Å²) in [4.78, 5) is 0. The fourth-order valence-electron chi connectivity index (χ4n) is 1.96. The van der Waals surface area contributed by atoms with E-state index < -0.39 is 13.8 Å². The molecule has 0 aromatic rings. The van der Waals surface area contributed by atoms with Crippen molar-refractivity contribution in [1.82, 2.24) is 0 Å². The predicted molar refractivity (Wildman–Crippen MR) is 57.0 cm³/mol. The first-order valence-electron chi connectivity index (χ1n) is 4.66. The Bertz CT molecular complexity index is 304. The second kappa shape index (κ2) is 3.65. The Labute approximate surface area is 90.2 Å². The molecule has 0 heterocycles. The van der Waals surface area contributed by atoms with Gasteiger partial charge in [0.1, 0.15) is 0 Å². The van der Waals surface area contributed by atoms with Gasteiger partial charge in [-0.3, -0.25) is 0 Å². The van der Waals surface area contributed by atoms with Gasteiger partial charge in [-0.1, -0.05) is 13.8 Å². The number of methoxy groups -OCH3 is 1. The van der Waals surface area contributed by atoms with Crippen molar-refractivity contribution in [3.05, 3.63) is 0 Å². The van der Waals surface area contributed by atoms with Crippen molar-refractivity contribution < 1.29 is 13.2 Å². The van der Waals surface area contributed by atoms with Crippen LogP contribution in [0.25, 0.3) is 0 Å². The Balaban J connectivity index is 2.70. The Morgan fingerprint density at radius 1 is 1.43 bits per heavy atom. The molecule has 14 heavy (non-hydrogen) atoms. The van der Waals surface area contributed by atoms with Gasteiger partial charge < -0.3 is 4.74 Å². The molecule has 0 radical (unpaired) electrons. The summed E-state index contributed by atoms with van der Waals surface area (Å²) in [6.07, 6.45) is 1.96. The highest BCUT2D eigenvalue weighted by Gasteiger charge is 2.55. The van der Waals surface area contributed by atoms with Gasteiger partial charge in [0.05, 0.1) is 11.4 Å². The molecule has 84 valence electrons. The molecule has 5 heteroatoms. The number of hydrogen-bond acceptors (Lipinski definition) is 3. The summed E-state index contributed by atoms with van der Waals surface area (Å²) in [6, 6.07) is 0. The summed E-state index contributed by atoms with van der Waals surface area (Å²) < 4.78 is 27.0. The molecule has 1 rings (SSSR count). The number of halogens is 1. The second-order valence-corrected chi connectivity index (χ2v) is 7.86. The smallest absolute Gasteiger partial charge is 0.238 e. The first-order chi connectivity index (χ1) is 6.22. The van der Waals surface area contributed by atoms with Crippen LogP contribution in [-0.4, -0.2) is 26.9 Å². The molecule has 0 aliphatic heterocycles. The Morgan fingerprint density at radius 2 is 1.93 bits per heavy atom. The van der Waals surface area contributed by atoms with E-state index in [9.17, 15) is 8.42 Å². The maximum absolute atomic E-state index is 11.3. The van der Waals surface area contributed by atoms with Gasteiger partial charge in [-0.15, -0.1) is 0 Å². The van der Waals surface area contributed by atoms with Gasteiger partial charge >= 0.3 is 0 Å². The number of hydrogen-bond donors (Lipinski definition) is 0. The maximum Gasteiger partial charge on any atom is 0.238 e. The molecule has 0 amide bonds. The zero-order valence-electron chi connectivity index (χ0n) is 8.84. The van der Waals surface area contributed by atoms with Gasteiger partial charge in [-0.05, 0) is 24.7 Å². The second-order valence-electron chi connectivity index (χ2n) is 4.89. The summed E-state index contributed by atoms with van der Waals surface area (Å²) in [6.45, 7) is 4.55. The number of ether oxygens (including phenoxy) is 1. The third kappa shape index (κ3) is 2.61. The minimum atomic E-state index is -3.43. The van der Waals surface area contributed by atoms with E-state index in [1.54, 1.807) is 7.11 Å². The molecule has 0 saturated heterocycles. The monoisotopic (exact) mass is 240 g/mol. The van der Waals surface area contributed by atoms with Gasteiger partial charge in [-0.25, -0.2) is 8.42 Å². The van der Waals surface area contributed by atoms with Crippen LogP contribution in [0.2, 0.25) is 0 Å². The van der Waals surface area contributed by atoms with Crippen LogP contribution in [0.15, 0.2) is 0 Å². The maximum atomic E-state index is 11.3. The highest BCUT2D eigenvalue weighted by molar-refractivity contribution is 8.15. The molecule has 1 fully saturated rings. The van der Waals surface area contributed by atoms with Crippen LogP contribution in [0.1, 0.15) is 33.1 Å². The summed E-state index contributed by atoms with van der Waals surface area (Å²) in [5.74, 6) is 0. The molecule has 1 aliphatic carbocycles. The van der Waals surface area contributed by atoms with E-state index in [4.69, 9.17) is 15.4 Å². The molecule has 0 spiro atoms. The third-order valence-corrected chi connectivity index (χ3v) is 5.23. The fraction of sp³-hybridized carbons (Fsp3) is 1.00. The van der Waals surface area contributed by atoms with Crippen molar-refractivity contribution in [2.75, 3.05) is 13.7 Å². The van der Waals surface area contributed by atoms with E-state index in [0.717, 1.165) is 0 Å². The van der Waals surface area contributed by atoms with Crippen LogP contribution < -0.4 is 0 Å². The minimum Gasteiger partial charge on any atom is -0.384 e. The molecule has 1 saturated carbocycles. The summed E-state index contributed by atoms with van der Waals surface area (Å²) in [7, 11) is 3.62. The van der Waals surface area contributed by atoms with E-state index in [2.05, 4.69) is 0 Å². The SMILES string of the molecule is COCC(C)(C)CC1(S(=O)(=O)Cl)CC1. The van der Waals surface area contributed by atoms with E-state index in [0.29, 0.717) is 25.9 Å². The van der Waals surface area contributed by atoms with Crippen molar-refractivity contribution in [3.8, 4) is 0 Å². The van der Waals surface area contributed by atoms with Gasteiger partial charge in [-0.2, -0.15) is 0 Å². The lowest BCUT2D eigenvalue weighted by molar-refractivity contribution is 0.0961.